The van der Waals surface area contributed by atoms with Crippen molar-refractivity contribution in [1.29, 1.82) is 0 Å². The zero-order valence-corrected chi connectivity index (χ0v) is 19.4. The number of benzene rings is 2. The number of halogens is 8. The standard InChI is InChI=1S/C22H17Cl2F6N3O/c1-20(2,3)17-10-18(33(32-17)16-9-12(23)5-7-15(16)24)31-19(34)13-6-4-11(21(25,26)27)8-14(13)22(28,29)30/h4-10H,1-3H3,(H,31,34). The van der Waals surface area contributed by atoms with Crippen molar-refractivity contribution >= 4 is 34.9 Å². The van der Waals surface area contributed by atoms with Crippen molar-refractivity contribution in [2.24, 2.45) is 0 Å². The van der Waals surface area contributed by atoms with E-state index in [1.807, 2.05) is 20.8 Å². The lowest BCUT2D eigenvalue weighted by Gasteiger charge is -2.16. The van der Waals surface area contributed by atoms with E-state index in [0.717, 1.165) is 0 Å². The summed E-state index contributed by atoms with van der Waals surface area (Å²) < 4.78 is 80.6. The molecule has 12 heteroatoms. The topological polar surface area (TPSA) is 46.9 Å². The summed E-state index contributed by atoms with van der Waals surface area (Å²) in [4.78, 5) is 12.8. The first-order valence-corrected chi connectivity index (χ1v) is 10.4. The summed E-state index contributed by atoms with van der Waals surface area (Å²) in [5.41, 5.74) is -4.06. The molecule has 0 spiro atoms. The van der Waals surface area contributed by atoms with Gasteiger partial charge < -0.3 is 5.32 Å². The van der Waals surface area contributed by atoms with Gasteiger partial charge in [-0.05, 0) is 36.4 Å². The average Bonchev–Trinajstić information content (AvgIpc) is 3.12. The minimum atomic E-state index is -5.21. The van der Waals surface area contributed by atoms with Crippen molar-refractivity contribution < 1.29 is 31.1 Å². The largest absolute Gasteiger partial charge is 0.417 e. The van der Waals surface area contributed by atoms with Crippen LogP contribution in [-0.2, 0) is 17.8 Å². The van der Waals surface area contributed by atoms with E-state index in [2.05, 4.69) is 10.4 Å². The molecule has 0 atom stereocenters. The molecule has 0 saturated heterocycles. The number of rotatable bonds is 3. The van der Waals surface area contributed by atoms with Crippen LogP contribution in [0.2, 0.25) is 10.0 Å². The van der Waals surface area contributed by atoms with E-state index in [-0.39, 0.29) is 27.6 Å². The molecule has 1 N–H and O–H groups in total. The molecule has 182 valence electrons. The van der Waals surface area contributed by atoms with Crippen molar-refractivity contribution in [2.75, 3.05) is 5.32 Å². The zero-order chi connectivity index (χ0) is 25.6. The fourth-order valence-corrected chi connectivity index (χ4v) is 3.37. The first-order valence-electron chi connectivity index (χ1n) is 9.64. The summed E-state index contributed by atoms with van der Waals surface area (Å²) >= 11 is 12.3. The van der Waals surface area contributed by atoms with Crippen LogP contribution in [0, 0.1) is 0 Å². The van der Waals surface area contributed by atoms with Gasteiger partial charge in [-0.25, -0.2) is 4.68 Å². The van der Waals surface area contributed by atoms with Crippen LogP contribution in [0.25, 0.3) is 5.69 Å². The van der Waals surface area contributed by atoms with Gasteiger partial charge in [0.1, 0.15) is 5.82 Å². The normalized spacial score (nSPS) is 12.7. The summed E-state index contributed by atoms with van der Waals surface area (Å²) in [5, 5.41) is 7.19. The van der Waals surface area contributed by atoms with Gasteiger partial charge in [0.05, 0.1) is 33.1 Å². The number of aromatic nitrogens is 2. The Hall–Kier alpha value is -2.72. The number of nitrogens with zero attached hydrogens (tertiary/aromatic N) is 2. The molecule has 4 nitrogen and oxygen atoms in total. The summed E-state index contributed by atoms with van der Waals surface area (Å²) in [5.74, 6) is -1.33. The predicted octanol–water partition coefficient (Wildman–Crippen LogP) is 7.77. The number of anilines is 1. The van der Waals surface area contributed by atoms with Gasteiger partial charge in [-0.1, -0.05) is 44.0 Å². The SMILES string of the molecule is CC(C)(C)c1cc(NC(=O)c2ccc(C(F)(F)F)cc2C(F)(F)F)n(-c2cc(Cl)ccc2Cl)n1. The van der Waals surface area contributed by atoms with E-state index in [9.17, 15) is 31.1 Å². The van der Waals surface area contributed by atoms with Crippen LogP contribution in [0.3, 0.4) is 0 Å². The third-order valence-corrected chi connectivity index (χ3v) is 5.31. The second-order valence-corrected chi connectivity index (χ2v) is 9.23. The van der Waals surface area contributed by atoms with E-state index in [0.29, 0.717) is 17.8 Å². The van der Waals surface area contributed by atoms with Crippen molar-refractivity contribution in [3.05, 3.63) is 74.9 Å². The third-order valence-electron chi connectivity index (χ3n) is 4.75. The van der Waals surface area contributed by atoms with Crippen molar-refractivity contribution in [3.8, 4) is 5.69 Å². The van der Waals surface area contributed by atoms with Crippen molar-refractivity contribution in [3.63, 3.8) is 0 Å². The highest BCUT2D eigenvalue weighted by Crippen LogP contribution is 2.38. The first kappa shape index (κ1) is 25.9. The molecule has 0 bridgehead atoms. The lowest BCUT2D eigenvalue weighted by Crippen LogP contribution is -2.21. The van der Waals surface area contributed by atoms with Crippen LogP contribution < -0.4 is 5.32 Å². The maximum absolute atomic E-state index is 13.5. The van der Waals surface area contributed by atoms with Crippen LogP contribution >= 0.6 is 23.2 Å². The molecule has 0 aliphatic rings. The van der Waals surface area contributed by atoms with Gasteiger partial charge >= 0.3 is 12.4 Å². The van der Waals surface area contributed by atoms with Crippen molar-refractivity contribution in [2.45, 2.75) is 38.5 Å². The minimum Gasteiger partial charge on any atom is -0.306 e. The lowest BCUT2D eigenvalue weighted by molar-refractivity contribution is -0.143. The Labute approximate surface area is 200 Å². The average molecular weight is 524 g/mol. The molecule has 1 heterocycles. The fourth-order valence-electron chi connectivity index (χ4n) is 3.01. The predicted molar refractivity (Wildman–Crippen MR) is 117 cm³/mol. The summed E-state index contributed by atoms with van der Waals surface area (Å²) in [7, 11) is 0. The Bertz CT molecular complexity index is 1240. The number of hydrogen-bond acceptors (Lipinski definition) is 2. The van der Waals surface area contributed by atoms with Crippen LogP contribution in [0.1, 0.15) is 48.0 Å². The molecule has 1 aromatic heterocycles. The van der Waals surface area contributed by atoms with Gasteiger partial charge in [-0.15, -0.1) is 0 Å². The monoisotopic (exact) mass is 523 g/mol. The van der Waals surface area contributed by atoms with Crippen LogP contribution in [-0.4, -0.2) is 15.7 Å². The molecular weight excluding hydrogens is 507 g/mol. The molecule has 0 aliphatic heterocycles. The van der Waals surface area contributed by atoms with Crippen LogP contribution in [0.5, 0.6) is 0 Å². The van der Waals surface area contributed by atoms with Gasteiger partial charge in [-0.2, -0.15) is 31.4 Å². The molecule has 1 amide bonds. The molecule has 0 aliphatic carbocycles. The molecule has 34 heavy (non-hydrogen) atoms. The first-order chi connectivity index (χ1) is 15.5. The summed E-state index contributed by atoms with van der Waals surface area (Å²) in [6.45, 7) is 5.47. The molecule has 3 rings (SSSR count). The van der Waals surface area contributed by atoms with Crippen molar-refractivity contribution in [1.82, 2.24) is 9.78 Å². The second-order valence-electron chi connectivity index (χ2n) is 8.38. The van der Waals surface area contributed by atoms with E-state index < -0.39 is 40.4 Å². The fraction of sp³-hybridized carbons (Fsp3) is 0.273. The van der Waals surface area contributed by atoms with Crippen LogP contribution in [0.4, 0.5) is 32.2 Å². The maximum Gasteiger partial charge on any atom is 0.417 e. The summed E-state index contributed by atoms with van der Waals surface area (Å²) in [6, 6.07) is 6.67. The molecule has 0 unspecified atom stereocenters. The number of nitrogens with one attached hydrogen (secondary N) is 1. The second kappa shape index (κ2) is 8.81. The van der Waals surface area contributed by atoms with Gasteiger partial charge in [-0.3, -0.25) is 4.79 Å². The van der Waals surface area contributed by atoms with Gasteiger partial charge in [0.25, 0.3) is 5.91 Å². The van der Waals surface area contributed by atoms with Gasteiger partial charge in [0.15, 0.2) is 0 Å². The summed E-state index contributed by atoms with van der Waals surface area (Å²) in [6.07, 6.45) is -10.2. The highest BCUT2D eigenvalue weighted by atomic mass is 35.5. The Kier molecular flexibility index (Phi) is 6.71. The molecular formula is C22H17Cl2F6N3O. The number of amides is 1. The Balaban J connectivity index is 2.12. The molecule has 2 aromatic carbocycles. The maximum atomic E-state index is 13.5. The number of carbonyl (C=O) groups excluding carboxylic acids is 1. The number of alkyl halides is 6. The number of hydrogen-bond donors (Lipinski definition) is 1. The Morgan fingerprint density at radius 2 is 1.56 bits per heavy atom. The van der Waals surface area contributed by atoms with Gasteiger partial charge in [0, 0.05) is 16.5 Å². The highest BCUT2D eigenvalue weighted by molar-refractivity contribution is 6.34. The Morgan fingerprint density at radius 1 is 0.912 bits per heavy atom. The van der Waals surface area contributed by atoms with Crippen LogP contribution in [0.15, 0.2) is 42.5 Å². The molecule has 0 radical (unpaired) electrons. The van der Waals surface area contributed by atoms with E-state index in [1.165, 1.54) is 28.9 Å². The quantitative estimate of drug-likeness (QED) is 0.356. The molecule has 0 saturated carbocycles. The molecule has 0 fully saturated rings. The minimum absolute atomic E-state index is 0.0490. The van der Waals surface area contributed by atoms with E-state index in [1.54, 1.807) is 0 Å². The van der Waals surface area contributed by atoms with Gasteiger partial charge in [0.2, 0.25) is 0 Å². The zero-order valence-electron chi connectivity index (χ0n) is 17.9. The molecule has 3 aromatic rings. The Morgan fingerprint density at radius 3 is 2.12 bits per heavy atom. The van der Waals surface area contributed by atoms with E-state index in [4.69, 9.17) is 23.2 Å². The lowest BCUT2D eigenvalue weighted by atomic mass is 9.92. The number of carbonyl (C=O) groups is 1. The third kappa shape index (κ3) is 5.50. The smallest absolute Gasteiger partial charge is 0.306 e. The van der Waals surface area contributed by atoms with E-state index >= 15 is 0 Å². The highest BCUT2D eigenvalue weighted by Gasteiger charge is 2.39.